The number of carboxylic acid groups (broad SMARTS) is 1. The van der Waals surface area contributed by atoms with Gasteiger partial charge in [0.25, 0.3) is 0 Å². The molecule has 0 aliphatic heterocycles. The molecule has 1 atom stereocenters. The predicted molar refractivity (Wildman–Crippen MR) is 92.9 cm³/mol. The smallest absolute Gasteiger partial charge is 0.315 e. The van der Waals surface area contributed by atoms with Crippen molar-refractivity contribution in [1.29, 1.82) is 0 Å². The van der Waals surface area contributed by atoms with Crippen molar-refractivity contribution >= 4 is 17.9 Å². The Morgan fingerprint density at radius 2 is 1.77 bits per heavy atom. The van der Waals surface area contributed by atoms with E-state index < -0.39 is 29.8 Å². The van der Waals surface area contributed by atoms with Gasteiger partial charge in [-0.25, -0.2) is 9.18 Å². The van der Waals surface area contributed by atoms with Crippen LogP contribution in [0.2, 0.25) is 0 Å². The molecular weight excluding hydrogens is 341 g/mol. The highest BCUT2D eigenvalue weighted by Gasteiger charge is 2.19. The third-order valence-electron chi connectivity index (χ3n) is 4.34. The minimum atomic E-state index is -1.09. The molecule has 2 rings (SSSR count). The van der Waals surface area contributed by atoms with Gasteiger partial charge in [-0.15, -0.1) is 0 Å². The lowest BCUT2D eigenvalue weighted by atomic mass is 9.96. The first kappa shape index (κ1) is 19.7. The van der Waals surface area contributed by atoms with Crippen molar-refractivity contribution in [3.05, 3.63) is 35.6 Å². The first-order valence-corrected chi connectivity index (χ1v) is 8.75. The maximum Gasteiger partial charge on any atom is 0.315 e. The summed E-state index contributed by atoms with van der Waals surface area (Å²) in [4.78, 5) is 34.9. The molecule has 0 aromatic heterocycles. The second kappa shape index (κ2) is 9.74. The molecule has 3 amide bonds. The Hall–Kier alpha value is -2.64. The van der Waals surface area contributed by atoms with Gasteiger partial charge in [0.1, 0.15) is 5.82 Å². The number of amides is 3. The number of carbonyl (C=O) groups excluding carboxylic acids is 2. The van der Waals surface area contributed by atoms with E-state index in [1.807, 2.05) is 0 Å². The summed E-state index contributed by atoms with van der Waals surface area (Å²) in [5.74, 6) is -2.06. The van der Waals surface area contributed by atoms with Gasteiger partial charge in [0.05, 0.1) is 19.0 Å². The van der Waals surface area contributed by atoms with Gasteiger partial charge in [-0.2, -0.15) is 0 Å². The molecule has 1 aromatic carbocycles. The van der Waals surface area contributed by atoms with E-state index in [1.54, 1.807) is 0 Å². The lowest BCUT2D eigenvalue weighted by Gasteiger charge is -2.23. The van der Waals surface area contributed by atoms with Crippen LogP contribution < -0.4 is 16.0 Å². The number of rotatable bonds is 7. The van der Waals surface area contributed by atoms with Crippen molar-refractivity contribution in [2.45, 2.75) is 50.6 Å². The molecule has 0 radical (unpaired) electrons. The van der Waals surface area contributed by atoms with Crippen LogP contribution in [0.3, 0.4) is 0 Å². The summed E-state index contributed by atoms with van der Waals surface area (Å²) in [6.07, 6.45) is 4.87. The maximum atomic E-state index is 13.0. The minimum absolute atomic E-state index is 0.130. The monoisotopic (exact) mass is 365 g/mol. The second-order valence-corrected chi connectivity index (χ2v) is 6.43. The maximum absolute atomic E-state index is 13.0. The van der Waals surface area contributed by atoms with E-state index >= 15 is 0 Å². The molecule has 1 saturated carbocycles. The Morgan fingerprint density at radius 3 is 2.38 bits per heavy atom. The van der Waals surface area contributed by atoms with Crippen LogP contribution >= 0.6 is 0 Å². The fraction of sp³-hybridized carbons (Fsp3) is 0.500. The summed E-state index contributed by atoms with van der Waals surface area (Å²) in [7, 11) is 0. The van der Waals surface area contributed by atoms with Crippen LogP contribution in [-0.2, 0) is 9.59 Å². The van der Waals surface area contributed by atoms with Gasteiger partial charge in [-0.05, 0) is 30.5 Å². The number of carboxylic acids is 1. The van der Waals surface area contributed by atoms with Gasteiger partial charge in [0, 0.05) is 6.04 Å². The molecule has 0 heterocycles. The van der Waals surface area contributed by atoms with Gasteiger partial charge in [-0.1, -0.05) is 31.4 Å². The number of benzene rings is 1. The molecule has 1 fully saturated rings. The van der Waals surface area contributed by atoms with Crippen molar-refractivity contribution in [2.75, 3.05) is 6.54 Å². The summed E-state index contributed by atoms with van der Waals surface area (Å²) in [5.41, 5.74) is 0.480. The first-order chi connectivity index (χ1) is 12.4. The van der Waals surface area contributed by atoms with Gasteiger partial charge in [0.2, 0.25) is 5.91 Å². The highest BCUT2D eigenvalue weighted by Crippen LogP contribution is 2.18. The number of halogens is 1. The van der Waals surface area contributed by atoms with E-state index in [4.69, 9.17) is 5.11 Å². The molecule has 4 N–H and O–H groups in total. The van der Waals surface area contributed by atoms with Crippen molar-refractivity contribution in [3.8, 4) is 0 Å². The largest absolute Gasteiger partial charge is 0.481 e. The molecule has 1 aliphatic rings. The molecule has 0 bridgehead atoms. The van der Waals surface area contributed by atoms with Crippen LogP contribution in [0.4, 0.5) is 9.18 Å². The molecule has 26 heavy (non-hydrogen) atoms. The van der Waals surface area contributed by atoms with Crippen LogP contribution in [0.25, 0.3) is 0 Å². The molecule has 0 spiro atoms. The third kappa shape index (κ3) is 6.70. The summed E-state index contributed by atoms with van der Waals surface area (Å²) in [6, 6.07) is 4.16. The SMILES string of the molecule is O=C(O)CC(NC(=O)CNC(=O)NC1CCCCC1)c1ccc(F)cc1. The second-order valence-electron chi connectivity index (χ2n) is 6.43. The quantitative estimate of drug-likeness (QED) is 0.593. The molecule has 1 unspecified atom stereocenters. The summed E-state index contributed by atoms with van der Waals surface area (Å²) >= 11 is 0. The number of aliphatic carboxylic acids is 1. The minimum Gasteiger partial charge on any atom is -0.481 e. The first-order valence-electron chi connectivity index (χ1n) is 8.75. The fourth-order valence-corrected chi connectivity index (χ4v) is 3.01. The highest BCUT2D eigenvalue weighted by atomic mass is 19.1. The zero-order valence-corrected chi connectivity index (χ0v) is 14.5. The Kier molecular flexibility index (Phi) is 7.37. The Balaban J connectivity index is 1.83. The third-order valence-corrected chi connectivity index (χ3v) is 4.34. The van der Waals surface area contributed by atoms with Gasteiger partial charge >= 0.3 is 12.0 Å². The number of hydrogen-bond acceptors (Lipinski definition) is 3. The average molecular weight is 365 g/mol. The van der Waals surface area contributed by atoms with Crippen molar-refractivity contribution in [1.82, 2.24) is 16.0 Å². The highest BCUT2D eigenvalue weighted by molar-refractivity contribution is 5.84. The zero-order valence-electron chi connectivity index (χ0n) is 14.5. The lowest BCUT2D eigenvalue weighted by molar-refractivity contribution is -0.137. The molecular formula is C18H24FN3O4. The number of nitrogens with one attached hydrogen (secondary N) is 3. The fourth-order valence-electron chi connectivity index (χ4n) is 3.01. The number of carbonyl (C=O) groups is 3. The Bertz CT molecular complexity index is 630. The van der Waals surface area contributed by atoms with E-state index in [-0.39, 0.29) is 19.0 Å². The summed E-state index contributed by atoms with van der Waals surface area (Å²) in [6.45, 7) is -0.268. The average Bonchev–Trinajstić information content (AvgIpc) is 2.60. The van der Waals surface area contributed by atoms with E-state index in [0.717, 1.165) is 25.7 Å². The normalized spacial score (nSPS) is 15.7. The standard InChI is InChI=1S/C18H24FN3O4/c19-13-8-6-12(7-9-13)15(10-17(24)25)22-16(23)11-20-18(26)21-14-4-2-1-3-5-14/h6-9,14-15H,1-5,10-11H2,(H,22,23)(H,24,25)(H2,20,21,26). The number of hydrogen-bond donors (Lipinski definition) is 4. The molecule has 0 saturated heterocycles. The van der Waals surface area contributed by atoms with E-state index in [1.165, 1.54) is 30.7 Å². The molecule has 1 aromatic rings. The van der Waals surface area contributed by atoms with E-state index in [9.17, 15) is 18.8 Å². The predicted octanol–water partition coefficient (Wildman–Crippen LogP) is 2.09. The van der Waals surface area contributed by atoms with Crippen molar-refractivity contribution < 1.29 is 23.9 Å². The molecule has 1 aliphatic carbocycles. The van der Waals surface area contributed by atoms with Gasteiger partial charge in [0.15, 0.2) is 0 Å². The van der Waals surface area contributed by atoms with Crippen LogP contribution in [0, 0.1) is 5.82 Å². The Morgan fingerprint density at radius 1 is 1.12 bits per heavy atom. The van der Waals surface area contributed by atoms with E-state index in [0.29, 0.717) is 5.56 Å². The lowest BCUT2D eigenvalue weighted by Crippen LogP contribution is -2.46. The summed E-state index contributed by atoms with van der Waals surface area (Å²) < 4.78 is 13.0. The molecule has 7 nitrogen and oxygen atoms in total. The molecule has 142 valence electrons. The molecule has 8 heteroatoms. The zero-order chi connectivity index (χ0) is 18.9. The van der Waals surface area contributed by atoms with Crippen molar-refractivity contribution in [3.63, 3.8) is 0 Å². The topological polar surface area (TPSA) is 108 Å². The van der Waals surface area contributed by atoms with Crippen LogP contribution in [0.1, 0.15) is 50.1 Å². The number of urea groups is 1. The van der Waals surface area contributed by atoms with Crippen LogP contribution in [0.5, 0.6) is 0 Å². The van der Waals surface area contributed by atoms with Crippen LogP contribution in [-0.4, -0.2) is 35.6 Å². The Labute approximate surface area is 151 Å². The van der Waals surface area contributed by atoms with Gasteiger partial charge < -0.3 is 21.1 Å². The van der Waals surface area contributed by atoms with Crippen molar-refractivity contribution in [2.24, 2.45) is 0 Å². The van der Waals surface area contributed by atoms with E-state index in [2.05, 4.69) is 16.0 Å². The summed E-state index contributed by atoms with van der Waals surface area (Å²) in [5, 5.41) is 16.9. The van der Waals surface area contributed by atoms with Gasteiger partial charge in [-0.3, -0.25) is 9.59 Å². The van der Waals surface area contributed by atoms with Crippen LogP contribution in [0.15, 0.2) is 24.3 Å².